The summed E-state index contributed by atoms with van der Waals surface area (Å²) in [6.45, 7) is 0.650. The van der Waals surface area contributed by atoms with Gasteiger partial charge in [-0.15, -0.1) is 0 Å². The van der Waals surface area contributed by atoms with Gasteiger partial charge in [0.2, 0.25) is 0 Å². The largest absolute Gasteiger partial charge is 0.492 e. The van der Waals surface area contributed by atoms with Crippen molar-refractivity contribution in [3.63, 3.8) is 0 Å². The fraction of sp³-hybridized carbons (Fsp3) is 0.133. The Hall–Kier alpha value is -2.27. The highest BCUT2D eigenvalue weighted by molar-refractivity contribution is 6.30. The molecule has 2 aromatic carbocycles. The van der Waals surface area contributed by atoms with E-state index in [0.29, 0.717) is 29.6 Å². The average molecular weight is 309 g/mol. The zero-order valence-electron chi connectivity index (χ0n) is 11.1. The van der Waals surface area contributed by atoms with Crippen LogP contribution in [0.25, 0.3) is 0 Å². The molecule has 0 radical (unpaired) electrons. The van der Waals surface area contributed by atoms with Crippen LogP contribution in [0.15, 0.2) is 48.5 Å². The molecule has 2 aromatic rings. The number of halogens is 2. The van der Waals surface area contributed by atoms with Gasteiger partial charge in [-0.05, 0) is 42.5 Å². The van der Waals surface area contributed by atoms with Crippen molar-refractivity contribution in [2.24, 2.45) is 0 Å². The van der Waals surface area contributed by atoms with Crippen molar-refractivity contribution < 1.29 is 13.9 Å². The minimum atomic E-state index is -0.378. The monoisotopic (exact) mass is 308 g/mol. The summed E-state index contributed by atoms with van der Waals surface area (Å²) >= 11 is 5.82. The summed E-state index contributed by atoms with van der Waals surface area (Å²) in [5.41, 5.74) is 0.518. The highest BCUT2D eigenvalue weighted by Gasteiger charge is 2.01. The molecule has 0 saturated heterocycles. The molecule has 2 amide bonds. The van der Waals surface area contributed by atoms with Crippen LogP contribution in [-0.2, 0) is 0 Å². The van der Waals surface area contributed by atoms with Gasteiger partial charge in [0.25, 0.3) is 0 Å². The predicted octanol–water partition coefficient (Wildman–Crippen LogP) is 3.68. The molecule has 0 heterocycles. The Kier molecular flexibility index (Phi) is 5.40. The normalized spacial score (nSPS) is 10.0. The number of carbonyl (C=O) groups is 1. The molecular weight excluding hydrogens is 295 g/mol. The number of ether oxygens (including phenoxy) is 1. The molecular formula is C15H14ClFN2O2. The quantitative estimate of drug-likeness (QED) is 0.828. The minimum Gasteiger partial charge on any atom is -0.492 e. The van der Waals surface area contributed by atoms with Crippen LogP contribution in [0.1, 0.15) is 0 Å². The predicted molar refractivity (Wildman–Crippen MR) is 80.4 cm³/mol. The maximum absolute atomic E-state index is 12.7. The van der Waals surface area contributed by atoms with Gasteiger partial charge in [0.05, 0.1) is 6.54 Å². The van der Waals surface area contributed by atoms with Gasteiger partial charge in [-0.1, -0.05) is 17.7 Å². The second kappa shape index (κ2) is 7.50. The number of amides is 2. The van der Waals surface area contributed by atoms with Crippen molar-refractivity contribution >= 4 is 23.3 Å². The third-order valence-corrected chi connectivity index (χ3v) is 2.79. The van der Waals surface area contributed by atoms with Gasteiger partial charge in [0, 0.05) is 10.7 Å². The number of benzene rings is 2. The summed E-state index contributed by atoms with van der Waals surface area (Å²) in [6.07, 6.45) is 0. The van der Waals surface area contributed by atoms with Gasteiger partial charge in [-0.25, -0.2) is 9.18 Å². The molecule has 2 N–H and O–H groups in total. The molecule has 2 rings (SSSR count). The molecule has 0 aliphatic rings. The third kappa shape index (κ3) is 5.31. The van der Waals surface area contributed by atoms with Gasteiger partial charge in [0.15, 0.2) is 0 Å². The van der Waals surface area contributed by atoms with Gasteiger partial charge < -0.3 is 15.4 Å². The van der Waals surface area contributed by atoms with Crippen LogP contribution in [0, 0.1) is 5.82 Å². The highest BCUT2D eigenvalue weighted by atomic mass is 35.5. The Labute approximate surface area is 126 Å². The first-order valence-electron chi connectivity index (χ1n) is 6.32. The summed E-state index contributed by atoms with van der Waals surface area (Å²) in [5.74, 6) is 0.291. The van der Waals surface area contributed by atoms with Crippen molar-refractivity contribution in [1.29, 1.82) is 0 Å². The molecule has 0 aliphatic heterocycles. The number of hydrogen-bond acceptors (Lipinski definition) is 2. The minimum absolute atomic E-state index is 0.317. The molecule has 4 nitrogen and oxygen atoms in total. The molecule has 0 spiro atoms. The van der Waals surface area contributed by atoms with E-state index in [9.17, 15) is 9.18 Å². The van der Waals surface area contributed by atoms with Crippen LogP contribution >= 0.6 is 11.6 Å². The molecule has 0 bridgehead atoms. The van der Waals surface area contributed by atoms with Crippen molar-refractivity contribution in [1.82, 2.24) is 5.32 Å². The molecule has 0 aromatic heterocycles. The average Bonchev–Trinajstić information content (AvgIpc) is 2.46. The fourth-order valence-corrected chi connectivity index (χ4v) is 1.78. The fourth-order valence-electron chi connectivity index (χ4n) is 1.60. The van der Waals surface area contributed by atoms with Crippen molar-refractivity contribution in [3.8, 4) is 5.75 Å². The van der Waals surface area contributed by atoms with Crippen LogP contribution in [0.2, 0.25) is 5.02 Å². The van der Waals surface area contributed by atoms with E-state index in [4.69, 9.17) is 16.3 Å². The van der Waals surface area contributed by atoms with Crippen LogP contribution < -0.4 is 15.4 Å². The second-order valence-electron chi connectivity index (χ2n) is 4.19. The van der Waals surface area contributed by atoms with Gasteiger partial charge in [-0.3, -0.25) is 0 Å². The van der Waals surface area contributed by atoms with Crippen LogP contribution in [0.5, 0.6) is 5.75 Å². The summed E-state index contributed by atoms with van der Waals surface area (Å²) in [4.78, 5) is 11.6. The second-order valence-corrected chi connectivity index (χ2v) is 4.63. The van der Waals surface area contributed by atoms with E-state index in [2.05, 4.69) is 10.6 Å². The standard InChI is InChI=1S/C15H14ClFN2O2/c16-11-2-1-3-14(10-11)21-9-8-18-15(20)19-13-6-4-12(17)5-7-13/h1-7,10H,8-9H2,(H2,18,19,20). The first-order chi connectivity index (χ1) is 10.1. The molecule has 0 unspecified atom stereocenters. The van der Waals surface area contributed by atoms with E-state index >= 15 is 0 Å². The Bertz CT molecular complexity index is 605. The number of urea groups is 1. The molecule has 6 heteroatoms. The van der Waals surface area contributed by atoms with E-state index in [-0.39, 0.29) is 11.8 Å². The molecule has 110 valence electrons. The number of anilines is 1. The maximum atomic E-state index is 12.7. The Morgan fingerprint density at radius 1 is 1.19 bits per heavy atom. The molecule has 0 atom stereocenters. The lowest BCUT2D eigenvalue weighted by Gasteiger charge is -2.09. The summed E-state index contributed by atoms with van der Waals surface area (Å²) in [5, 5.41) is 5.80. The SMILES string of the molecule is O=C(NCCOc1cccc(Cl)c1)Nc1ccc(F)cc1. The smallest absolute Gasteiger partial charge is 0.319 e. The number of carbonyl (C=O) groups excluding carboxylic acids is 1. The van der Waals surface area contributed by atoms with Crippen molar-refractivity contribution in [3.05, 3.63) is 59.4 Å². The lowest BCUT2D eigenvalue weighted by Crippen LogP contribution is -2.32. The van der Waals surface area contributed by atoms with E-state index < -0.39 is 0 Å². The zero-order chi connectivity index (χ0) is 15.1. The topological polar surface area (TPSA) is 50.4 Å². The zero-order valence-corrected chi connectivity index (χ0v) is 11.9. The Morgan fingerprint density at radius 3 is 2.67 bits per heavy atom. The van der Waals surface area contributed by atoms with Gasteiger partial charge in [0.1, 0.15) is 18.2 Å². The number of hydrogen-bond donors (Lipinski definition) is 2. The van der Waals surface area contributed by atoms with Crippen molar-refractivity contribution in [2.45, 2.75) is 0 Å². The van der Waals surface area contributed by atoms with E-state index in [0.717, 1.165) is 0 Å². The number of nitrogens with one attached hydrogen (secondary N) is 2. The van der Waals surface area contributed by atoms with Crippen molar-refractivity contribution in [2.75, 3.05) is 18.5 Å². The molecule has 21 heavy (non-hydrogen) atoms. The summed E-state index contributed by atoms with van der Waals surface area (Å²) in [7, 11) is 0. The lowest BCUT2D eigenvalue weighted by atomic mass is 10.3. The first-order valence-corrected chi connectivity index (χ1v) is 6.70. The molecule has 0 aliphatic carbocycles. The Balaban J connectivity index is 1.68. The van der Waals surface area contributed by atoms with Crippen LogP contribution in [-0.4, -0.2) is 19.2 Å². The Morgan fingerprint density at radius 2 is 1.95 bits per heavy atom. The summed E-state index contributed by atoms with van der Waals surface area (Å²) < 4.78 is 18.1. The first kappa shape index (κ1) is 15.1. The maximum Gasteiger partial charge on any atom is 0.319 e. The van der Waals surface area contributed by atoms with E-state index in [1.54, 1.807) is 24.3 Å². The molecule has 0 fully saturated rings. The van der Waals surface area contributed by atoms with Gasteiger partial charge in [-0.2, -0.15) is 0 Å². The van der Waals surface area contributed by atoms with E-state index in [1.165, 1.54) is 24.3 Å². The van der Waals surface area contributed by atoms with E-state index in [1.807, 2.05) is 0 Å². The van der Waals surface area contributed by atoms with Crippen LogP contribution in [0.4, 0.5) is 14.9 Å². The van der Waals surface area contributed by atoms with Gasteiger partial charge >= 0.3 is 6.03 Å². The highest BCUT2D eigenvalue weighted by Crippen LogP contribution is 2.16. The lowest BCUT2D eigenvalue weighted by molar-refractivity contribution is 0.247. The van der Waals surface area contributed by atoms with Crippen LogP contribution in [0.3, 0.4) is 0 Å². The molecule has 0 saturated carbocycles. The third-order valence-electron chi connectivity index (χ3n) is 2.55. The number of rotatable bonds is 5. The summed E-state index contributed by atoms with van der Waals surface area (Å²) in [6, 6.07) is 12.2.